The molecule has 0 N–H and O–H groups in total. The lowest BCUT2D eigenvalue weighted by atomic mass is 9.99. The Morgan fingerprint density at radius 2 is 0.609 bits per heavy atom. The molecule has 0 aliphatic heterocycles. The number of hydrogen-bond donors (Lipinski definition) is 0. The van der Waals surface area contributed by atoms with Crippen LogP contribution >= 0.6 is 0 Å². The summed E-state index contributed by atoms with van der Waals surface area (Å²) in [6, 6.07) is 95.8. The van der Waals surface area contributed by atoms with Crippen LogP contribution in [0.15, 0.2) is 271 Å². The van der Waals surface area contributed by atoms with Crippen molar-refractivity contribution < 1.29 is 4.42 Å². The van der Waals surface area contributed by atoms with E-state index < -0.39 is 0 Å². The van der Waals surface area contributed by atoms with Gasteiger partial charge in [-0.3, -0.25) is 0 Å². The van der Waals surface area contributed by atoms with E-state index in [4.69, 9.17) is 4.42 Å². The van der Waals surface area contributed by atoms with Crippen molar-refractivity contribution in [3.8, 4) is 61.3 Å². The summed E-state index contributed by atoms with van der Waals surface area (Å²) >= 11 is 0. The van der Waals surface area contributed by atoms with Gasteiger partial charge in [0.05, 0.1) is 11.0 Å². The van der Waals surface area contributed by atoms with E-state index >= 15 is 0 Å². The molecule has 2 aromatic heterocycles. The van der Waals surface area contributed by atoms with Gasteiger partial charge in [0.1, 0.15) is 11.2 Å². The summed E-state index contributed by atoms with van der Waals surface area (Å²) in [5.41, 5.74) is 20.0. The number of nitrogens with zero attached hydrogens (tertiary/aromatic N) is 2. The molecular weight excluding hydrogens is 837 g/mol. The second-order valence-corrected chi connectivity index (χ2v) is 17.7. The van der Waals surface area contributed by atoms with Crippen LogP contribution in [0.2, 0.25) is 0 Å². The van der Waals surface area contributed by atoms with Crippen molar-refractivity contribution in [3.63, 3.8) is 0 Å². The first-order chi connectivity index (χ1) is 34.2. The van der Waals surface area contributed by atoms with Crippen LogP contribution in [0.4, 0.5) is 17.1 Å². The molecule has 0 saturated heterocycles. The minimum absolute atomic E-state index is 0.894. The van der Waals surface area contributed by atoms with Crippen molar-refractivity contribution in [2.45, 2.75) is 0 Å². The summed E-state index contributed by atoms with van der Waals surface area (Å²) in [4.78, 5) is 2.35. The van der Waals surface area contributed by atoms with Crippen LogP contribution in [0.5, 0.6) is 0 Å². The summed E-state index contributed by atoms with van der Waals surface area (Å²) in [6.45, 7) is 0. The minimum Gasteiger partial charge on any atom is -0.455 e. The molecule has 0 amide bonds. The van der Waals surface area contributed by atoms with Crippen LogP contribution in [-0.4, -0.2) is 4.57 Å². The van der Waals surface area contributed by atoms with Crippen molar-refractivity contribution in [3.05, 3.63) is 267 Å². The molecule has 13 rings (SSSR count). The van der Waals surface area contributed by atoms with Crippen LogP contribution in [0.3, 0.4) is 0 Å². The SMILES string of the molecule is c1ccc(-c2ccc(-c3ccc(N(c4ccc(-c5cccc(-n6c7ccccc7c7ccccc76)c5)cc4)c4ccc(-c5cccc6c5oc5c(-c7ccccc7)cccc56)cc4)cc3)cc2)cc1. The smallest absolute Gasteiger partial charge is 0.143 e. The number of furan rings is 1. The minimum atomic E-state index is 0.894. The van der Waals surface area contributed by atoms with E-state index in [1.165, 1.54) is 44.1 Å². The van der Waals surface area contributed by atoms with Crippen LogP contribution in [-0.2, 0) is 0 Å². The van der Waals surface area contributed by atoms with Crippen molar-refractivity contribution >= 4 is 60.8 Å². The first kappa shape index (κ1) is 40.1. The maximum absolute atomic E-state index is 6.82. The molecule has 2 heterocycles. The van der Waals surface area contributed by atoms with Gasteiger partial charge >= 0.3 is 0 Å². The summed E-state index contributed by atoms with van der Waals surface area (Å²) in [5.74, 6) is 0. The topological polar surface area (TPSA) is 21.3 Å². The largest absolute Gasteiger partial charge is 0.455 e. The summed E-state index contributed by atoms with van der Waals surface area (Å²) in [7, 11) is 0. The molecule has 69 heavy (non-hydrogen) atoms. The van der Waals surface area contributed by atoms with Gasteiger partial charge in [-0.1, -0.05) is 206 Å². The Labute approximate surface area is 401 Å². The second kappa shape index (κ2) is 16.9. The van der Waals surface area contributed by atoms with Crippen LogP contribution in [0.1, 0.15) is 0 Å². The van der Waals surface area contributed by atoms with Gasteiger partial charge in [-0.15, -0.1) is 0 Å². The number of fused-ring (bicyclic) bond motifs is 6. The van der Waals surface area contributed by atoms with Gasteiger partial charge in [0.25, 0.3) is 0 Å². The first-order valence-electron chi connectivity index (χ1n) is 23.6. The molecule has 13 aromatic rings. The fourth-order valence-electron chi connectivity index (χ4n) is 10.2. The lowest BCUT2D eigenvalue weighted by Crippen LogP contribution is -2.09. The van der Waals surface area contributed by atoms with E-state index in [9.17, 15) is 0 Å². The zero-order valence-electron chi connectivity index (χ0n) is 37.7. The number of rotatable bonds is 9. The molecule has 0 bridgehead atoms. The monoisotopic (exact) mass is 880 g/mol. The van der Waals surface area contributed by atoms with Gasteiger partial charge in [-0.05, 0) is 105 Å². The molecule has 0 fully saturated rings. The van der Waals surface area contributed by atoms with Crippen LogP contribution in [0.25, 0.3) is 105 Å². The van der Waals surface area contributed by atoms with Gasteiger partial charge in [-0.25, -0.2) is 0 Å². The average molecular weight is 881 g/mol. The number of hydrogen-bond acceptors (Lipinski definition) is 2. The zero-order chi connectivity index (χ0) is 45.7. The lowest BCUT2D eigenvalue weighted by Gasteiger charge is -2.26. The highest BCUT2D eigenvalue weighted by atomic mass is 16.3. The third-order valence-corrected chi connectivity index (χ3v) is 13.6. The van der Waals surface area contributed by atoms with Gasteiger partial charge in [-0.2, -0.15) is 0 Å². The van der Waals surface area contributed by atoms with Crippen molar-refractivity contribution in [1.29, 1.82) is 0 Å². The molecule has 3 nitrogen and oxygen atoms in total. The maximum atomic E-state index is 6.82. The van der Waals surface area contributed by atoms with Crippen molar-refractivity contribution in [2.75, 3.05) is 4.90 Å². The van der Waals surface area contributed by atoms with Gasteiger partial charge < -0.3 is 13.9 Å². The van der Waals surface area contributed by atoms with Gasteiger partial charge in [0.2, 0.25) is 0 Å². The Morgan fingerprint density at radius 1 is 0.261 bits per heavy atom. The molecule has 0 radical (unpaired) electrons. The van der Waals surface area contributed by atoms with Gasteiger partial charge in [0, 0.05) is 55.4 Å². The zero-order valence-corrected chi connectivity index (χ0v) is 37.7. The maximum Gasteiger partial charge on any atom is 0.143 e. The van der Waals surface area contributed by atoms with Crippen molar-refractivity contribution in [1.82, 2.24) is 4.57 Å². The molecule has 0 aliphatic carbocycles. The molecular formula is C66H44N2O. The summed E-state index contributed by atoms with van der Waals surface area (Å²) in [5, 5.41) is 4.75. The Morgan fingerprint density at radius 3 is 1.12 bits per heavy atom. The molecule has 3 heteroatoms. The van der Waals surface area contributed by atoms with E-state index in [0.717, 1.165) is 78.1 Å². The predicted octanol–water partition coefficient (Wildman–Crippen LogP) is 18.5. The van der Waals surface area contributed by atoms with Crippen molar-refractivity contribution in [2.24, 2.45) is 0 Å². The van der Waals surface area contributed by atoms with E-state index in [1.54, 1.807) is 0 Å². The summed E-state index contributed by atoms with van der Waals surface area (Å²) < 4.78 is 9.20. The lowest BCUT2D eigenvalue weighted by molar-refractivity contribution is 0.671. The van der Waals surface area contributed by atoms with E-state index in [0.29, 0.717) is 0 Å². The highest BCUT2D eigenvalue weighted by molar-refractivity contribution is 6.13. The average Bonchev–Trinajstić information content (AvgIpc) is 3.99. The third kappa shape index (κ3) is 7.16. The number of benzene rings is 11. The Hall–Kier alpha value is -9.18. The second-order valence-electron chi connectivity index (χ2n) is 17.7. The molecule has 0 atom stereocenters. The molecule has 0 saturated carbocycles. The van der Waals surface area contributed by atoms with E-state index in [-0.39, 0.29) is 0 Å². The molecule has 11 aromatic carbocycles. The molecule has 0 aliphatic rings. The molecule has 324 valence electrons. The standard InChI is InChI=1S/C66H44N2O/c1-3-14-45(15-4-1)46-28-30-47(31-29-46)48-32-38-53(39-33-48)67(54-40-34-49(35-41-54)52-18-11-19-56(44-52)68-63-26-9-7-20-59(63)60-21-8-10-27-64(60)68)55-42-36-51(37-43-55)58-23-13-25-62-61-24-12-22-57(65(61)69-66(58)62)50-16-5-2-6-17-50/h1-44H. The fraction of sp³-hybridized carbons (Fsp3) is 0. The number of anilines is 3. The first-order valence-corrected chi connectivity index (χ1v) is 23.6. The fourth-order valence-corrected chi connectivity index (χ4v) is 10.2. The highest BCUT2D eigenvalue weighted by Crippen LogP contribution is 2.42. The highest BCUT2D eigenvalue weighted by Gasteiger charge is 2.18. The Bertz CT molecular complexity index is 3910. The quantitative estimate of drug-likeness (QED) is 0.144. The normalized spacial score (nSPS) is 11.5. The van der Waals surface area contributed by atoms with Crippen LogP contribution in [0, 0.1) is 0 Å². The predicted molar refractivity (Wildman–Crippen MR) is 290 cm³/mol. The molecule has 0 spiro atoms. The Balaban J connectivity index is 0.869. The summed E-state index contributed by atoms with van der Waals surface area (Å²) in [6.07, 6.45) is 0. The molecule has 0 unspecified atom stereocenters. The van der Waals surface area contributed by atoms with Crippen LogP contribution < -0.4 is 4.90 Å². The third-order valence-electron chi connectivity index (χ3n) is 13.6. The number of para-hydroxylation sites is 4. The Kier molecular flexibility index (Phi) is 9.84. The van der Waals surface area contributed by atoms with E-state index in [2.05, 4.69) is 276 Å². The van der Waals surface area contributed by atoms with E-state index in [1.807, 2.05) is 0 Å². The van der Waals surface area contributed by atoms with Gasteiger partial charge in [0.15, 0.2) is 0 Å². The number of aromatic nitrogens is 1.